The molecule has 0 saturated carbocycles. The van der Waals surface area contributed by atoms with Gasteiger partial charge in [-0.15, -0.1) is 0 Å². The maximum atomic E-state index is 9.09. The summed E-state index contributed by atoms with van der Waals surface area (Å²) >= 11 is 10.7. The summed E-state index contributed by atoms with van der Waals surface area (Å²) in [7, 11) is 0. The molecule has 10 heavy (non-hydrogen) atoms. The highest BCUT2D eigenvalue weighted by Gasteiger charge is 2.04. The standard InChI is InChI=1S/C5H2BrClINO/c6-2-1-3(8)9-5(7)4(2)10/h1,10H. The van der Waals surface area contributed by atoms with E-state index in [2.05, 4.69) is 20.9 Å². The van der Waals surface area contributed by atoms with Gasteiger partial charge in [0.25, 0.3) is 0 Å². The van der Waals surface area contributed by atoms with Crippen molar-refractivity contribution in [2.45, 2.75) is 0 Å². The number of nitrogens with zero attached hydrogens (tertiary/aromatic N) is 1. The van der Waals surface area contributed by atoms with Crippen LogP contribution in [-0.2, 0) is 0 Å². The fourth-order valence-electron chi connectivity index (χ4n) is 0.450. The number of pyridine rings is 1. The molecule has 0 unspecified atom stereocenters. The van der Waals surface area contributed by atoms with Crippen molar-refractivity contribution in [2.24, 2.45) is 0 Å². The molecule has 0 aromatic carbocycles. The molecule has 0 spiro atoms. The van der Waals surface area contributed by atoms with Crippen molar-refractivity contribution < 1.29 is 5.11 Å². The average Bonchev–Trinajstić information content (AvgIpc) is 1.82. The van der Waals surface area contributed by atoms with Gasteiger partial charge in [-0.1, -0.05) is 11.6 Å². The van der Waals surface area contributed by atoms with Crippen LogP contribution >= 0.6 is 50.1 Å². The van der Waals surface area contributed by atoms with Crippen LogP contribution in [0.1, 0.15) is 0 Å². The van der Waals surface area contributed by atoms with Crippen LogP contribution in [0.15, 0.2) is 10.5 Å². The molecular formula is C5H2BrClINO. The molecule has 0 aliphatic rings. The Balaban J connectivity index is 3.31. The van der Waals surface area contributed by atoms with Crippen LogP contribution in [0, 0.1) is 3.70 Å². The van der Waals surface area contributed by atoms with Gasteiger partial charge in [0.15, 0.2) is 10.9 Å². The fourth-order valence-corrected chi connectivity index (χ4v) is 2.29. The second kappa shape index (κ2) is 3.23. The van der Waals surface area contributed by atoms with Crippen molar-refractivity contribution in [3.8, 4) is 5.75 Å². The number of hydrogen-bond donors (Lipinski definition) is 1. The molecule has 5 heteroatoms. The van der Waals surface area contributed by atoms with E-state index in [4.69, 9.17) is 16.7 Å². The van der Waals surface area contributed by atoms with Gasteiger partial charge in [0.2, 0.25) is 0 Å². The van der Waals surface area contributed by atoms with E-state index in [1.54, 1.807) is 6.07 Å². The van der Waals surface area contributed by atoms with E-state index in [1.807, 2.05) is 22.6 Å². The molecule has 1 rings (SSSR count). The molecular weight excluding hydrogens is 332 g/mol. The van der Waals surface area contributed by atoms with Gasteiger partial charge in [-0.05, 0) is 44.6 Å². The largest absolute Gasteiger partial charge is 0.504 e. The summed E-state index contributed by atoms with van der Waals surface area (Å²) in [5.74, 6) is -0.0120. The van der Waals surface area contributed by atoms with Gasteiger partial charge in [0.1, 0.15) is 3.70 Å². The maximum Gasteiger partial charge on any atom is 0.173 e. The number of rotatable bonds is 0. The maximum absolute atomic E-state index is 9.09. The minimum absolute atomic E-state index is 0.0120. The third-order valence-electron chi connectivity index (χ3n) is 0.872. The molecule has 0 radical (unpaired) electrons. The molecule has 0 bridgehead atoms. The number of halogens is 3. The highest BCUT2D eigenvalue weighted by Crippen LogP contribution is 2.30. The van der Waals surface area contributed by atoms with Gasteiger partial charge < -0.3 is 5.11 Å². The van der Waals surface area contributed by atoms with Gasteiger partial charge in [-0.2, -0.15) is 0 Å². The molecule has 0 amide bonds. The first kappa shape index (κ1) is 8.55. The van der Waals surface area contributed by atoms with Crippen LogP contribution < -0.4 is 0 Å². The molecule has 54 valence electrons. The van der Waals surface area contributed by atoms with Gasteiger partial charge in [-0.3, -0.25) is 0 Å². The van der Waals surface area contributed by atoms with Gasteiger partial charge in [0, 0.05) is 0 Å². The highest BCUT2D eigenvalue weighted by atomic mass is 127. The smallest absolute Gasteiger partial charge is 0.173 e. The van der Waals surface area contributed by atoms with Gasteiger partial charge >= 0.3 is 0 Å². The van der Waals surface area contributed by atoms with Crippen molar-refractivity contribution >= 4 is 50.1 Å². The van der Waals surface area contributed by atoms with Crippen LogP contribution in [0.4, 0.5) is 0 Å². The van der Waals surface area contributed by atoms with Crippen molar-refractivity contribution in [1.82, 2.24) is 4.98 Å². The molecule has 0 aliphatic carbocycles. The van der Waals surface area contributed by atoms with Crippen molar-refractivity contribution in [2.75, 3.05) is 0 Å². The Kier molecular flexibility index (Phi) is 2.76. The van der Waals surface area contributed by atoms with E-state index < -0.39 is 0 Å². The van der Waals surface area contributed by atoms with Crippen LogP contribution in [0.25, 0.3) is 0 Å². The third-order valence-corrected chi connectivity index (χ3v) is 2.29. The molecule has 1 N–H and O–H groups in total. The number of hydrogen-bond acceptors (Lipinski definition) is 2. The quantitative estimate of drug-likeness (QED) is 0.585. The lowest BCUT2D eigenvalue weighted by Gasteiger charge is -1.98. The monoisotopic (exact) mass is 333 g/mol. The second-order valence-corrected chi connectivity index (χ2v) is 3.88. The summed E-state index contributed by atoms with van der Waals surface area (Å²) in [6, 6.07) is 1.68. The van der Waals surface area contributed by atoms with Gasteiger partial charge in [0.05, 0.1) is 4.47 Å². The molecule has 0 aliphatic heterocycles. The second-order valence-electron chi connectivity index (χ2n) is 1.57. The first-order valence-electron chi connectivity index (χ1n) is 2.32. The van der Waals surface area contributed by atoms with Crippen LogP contribution in [0.2, 0.25) is 5.15 Å². The summed E-state index contributed by atoms with van der Waals surface area (Å²) < 4.78 is 1.31. The zero-order valence-corrected chi connectivity index (χ0v) is 9.11. The Morgan fingerprint density at radius 2 is 2.30 bits per heavy atom. The third kappa shape index (κ3) is 1.73. The Labute approximate surface area is 84.9 Å². The van der Waals surface area contributed by atoms with E-state index in [-0.39, 0.29) is 10.9 Å². The predicted molar refractivity (Wildman–Crippen MR) is 51.3 cm³/mol. The molecule has 0 atom stereocenters. The minimum atomic E-state index is -0.0120. The van der Waals surface area contributed by atoms with Crippen LogP contribution in [-0.4, -0.2) is 10.1 Å². The summed E-state index contributed by atoms with van der Waals surface area (Å²) in [6.45, 7) is 0. The Morgan fingerprint density at radius 1 is 1.70 bits per heavy atom. The number of aromatic nitrogens is 1. The molecule has 1 heterocycles. The van der Waals surface area contributed by atoms with E-state index in [0.29, 0.717) is 4.47 Å². The minimum Gasteiger partial charge on any atom is -0.504 e. The topological polar surface area (TPSA) is 33.1 Å². The zero-order valence-electron chi connectivity index (χ0n) is 4.61. The zero-order chi connectivity index (χ0) is 7.72. The van der Waals surface area contributed by atoms with Gasteiger partial charge in [-0.25, -0.2) is 4.98 Å². The summed E-state index contributed by atoms with van der Waals surface area (Å²) in [5.41, 5.74) is 0. The first-order chi connectivity index (χ1) is 4.61. The Bertz CT molecular complexity index is 245. The molecule has 0 fully saturated rings. The Morgan fingerprint density at radius 3 is 2.80 bits per heavy atom. The normalized spacial score (nSPS) is 9.90. The van der Waals surface area contributed by atoms with Crippen molar-refractivity contribution in [3.63, 3.8) is 0 Å². The van der Waals surface area contributed by atoms with E-state index in [9.17, 15) is 0 Å². The lowest BCUT2D eigenvalue weighted by Crippen LogP contribution is -1.81. The Hall–Kier alpha value is 0.450. The van der Waals surface area contributed by atoms with E-state index in [0.717, 1.165) is 3.70 Å². The van der Waals surface area contributed by atoms with Crippen LogP contribution in [0.5, 0.6) is 5.75 Å². The SMILES string of the molecule is Oc1c(Br)cc(I)nc1Cl. The average molecular weight is 334 g/mol. The van der Waals surface area contributed by atoms with E-state index >= 15 is 0 Å². The first-order valence-corrected chi connectivity index (χ1v) is 4.56. The summed E-state index contributed by atoms with van der Waals surface area (Å²) in [6.07, 6.45) is 0. The fraction of sp³-hybridized carbons (Fsp3) is 0. The predicted octanol–water partition coefficient (Wildman–Crippen LogP) is 2.81. The molecule has 0 saturated heterocycles. The lowest BCUT2D eigenvalue weighted by molar-refractivity contribution is 0.469. The lowest BCUT2D eigenvalue weighted by atomic mass is 10.5. The van der Waals surface area contributed by atoms with E-state index in [1.165, 1.54) is 0 Å². The highest BCUT2D eigenvalue weighted by molar-refractivity contribution is 14.1. The summed E-state index contributed by atoms with van der Waals surface area (Å²) in [4.78, 5) is 3.81. The summed E-state index contributed by atoms with van der Waals surface area (Å²) in [5, 5.41) is 9.21. The number of aromatic hydroxyl groups is 1. The molecule has 1 aromatic heterocycles. The molecule has 1 aromatic rings. The van der Waals surface area contributed by atoms with Crippen molar-refractivity contribution in [3.05, 3.63) is 19.4 Å². The van der Waals surface area contributed by atoms with Crippen LogP contribution in [0.3, 0.4) is 0 Å². The van der Waals surface area contributed by atoms with Crippen molar-refractivity contribution in [1.29, 1.82) is 0 Å². The molecule has 2 nitrogen and oxygen atoms in total.